The van der Waals surface area contributed by atoms with Crippen LogP contribution >= 0.6 is 46.4 Å². The van der Waals surface area contributed by atoms with Gasteiger partial charge in [-0.1, -0.05) is 71.2 Å². The summed E-state index contributed by atoms with van der Waals surface area (Å²) in [5.74, 6) is -2.36. The van der Waals surface area contributed by atoms with Crippen LogP contribution in [0.3, 0.4) is 0 Å². The Hall–Kier alpha value is -2.64. The molecule has 0 saturated carbocycles. The van der Waals surface area contributed by atoms with Gasteiger partial charge in [-0.25, -0.2) is 9.78 Å². The monoisotopic (exact) mass is 551 g/mol. The molecule has 0 bridgehead atoms. The number of para-hydroxylation sites is 1. The van der Waals surface area contributed by atoms with Gasteiger partial charge in [0.15, 0.2) is 11.6 Å². The third kappa shape index (κ3) is 4.64. The van der Waals surface area contributed by atoms with Crippen LogP contribution in [0.4, 0.5) is 0 Å². The van der Waals surface area contributed by atoms with E-state index in [1.54, 1.807) is 31.2 Å². The van der Waals surface area contributed by atoms with Gasteiger partial charge in [-0.05, 0) is 19.1 Å². The summed E-state index contributed by atoms with van der Waals surface area (Å²) in [5, 5.41) is 0.339. The van der Waals surface area contributed by atoms with Crippen molar-refractivity contribution in [2.75, 3.05) is 13.2 Å². The zero-order valence-electron chi connectivity index (χ0n) is 18.3. The first-order valence-corrected chi connectivity index (χ1v) is 11.9. The molecule has 0 N–H and O–H groups in total. The van der Waals surface area contributed by atoms with Crippen LogP contribution in [0.15, 0.2) is 42.5 Å². The molecule has 0 saturated heterocycles. The standard InChI is InChI=1S/C25H17Cl4NO5/c1-11(2)25(33)35-10-4-9-34-14-6-3-5-12-7-8-13(30-22(12)14)15-23(31)16-17(24(15)32)19(27)21(29)20(28)18(16)26/h3,5-8,15H,1,4,9-10H2,2H3. The molecule has 0 unspecified atom stereocenters. The molecular weight excluding hydrogens is 536 g/mol. The number of benzene rings is 2. The van der Waals surface area contributed by atoms with Gasteiger partial charge < -0.3 is 9.47 Å². The maximum absolute atomic E-state index is 13.2. The first-order chi connectivity index (χ1) is 16.6. The second kappa shape index (κ2) is 10.2. The van der Waals surface area contributed by atoms with E-state index in [0.717, 1.165) is 5.39 Å². The molecule has 1 aliphatic carbocycles. The predicted molar refractivity (Wildman–Crippen MR) is 136 cm³/mol. The Morgan fingerprint density at radius 3 is 2.17 bits per heavy atom. The Balaban J connectivity index is 1.61. The van der Waals surface area contributed by atoms with Crippen molar-refractivity contribution in [2.45, 2.75) is 19.3 Å². The molecule has 0 amide bonds. The summed E-state index contributed by atoms with van der Waals surface area (Å²) in [6.07, 6.45) is 0.447. The number of halogens is 4. The molecule has 1 aromatic heterocycles. The molecule has 6 nitrogen and oxygen atoms in total. The fourth-order valence-corrected chi connectivity index (χ4v) is 4.75. The lowest BCUT2D eigenvalue weighted by Crippen LogP contribution is -2.15. The van der Waals surface area contributed by atoms with Gasteiger partial charge in [-0.2, -0.15) is 0 Å². The highest BCUT2D eigenvalue weighted by molar-refractivity contribution is 6.55. The van der Waals surface area contributed by atoms with Gasteiger partial charge in [0.1, 0.15) is 17.2 Å². The summed E-state index contributed by atoms with van der Waals surface area (Å²) in [4.78, 5) is 42.5. The molecule has 10 heteroatoms. The van der Waals surface area contributed by atoms with Crippen LogP contribution in [0.25, 0.3) is 10.9 Å². The van der Waals surface area contributed by atoms with Crippen LogP contribution in [0, 0.1) is 0 Å². The van der Waals surface area contributed by atoms with Crippen molar-refractivity contribution in [1.29, 1.82) is 0 Å². The van der Waals surface area contributed by atoms with Crippen molar-refractivity contribution in [3.05, 3.63) is 79.4 Å². The average Bonchev–Trinajstić information content (AvgIpc) is 3.10. The van der Waals surface area contributed by atoms with Crippen LogP contribution in [0.5, 0.6) is 5.75 Å². The molecule has 2 aromatic carbocycles. The fraction of sp³-hybridized carbons (Fsp3) is 0.200. The second-order valence-corrected chi connectivity index (χ2v) is 9.36. The van der Waals surface area contributed by atoms with Gasteiger partial charge in [0.2, 0.25) is 0 Å². The second-order valence-electron chi connectivity index (χ2n) is 7.85. The summed E-state index contributed by atoms with van der Waals surface area (Å²) >= 11 is 24.7. The minimum atomic E-state index is -1.24. The van der Waals surface area contributed by atoms with E-state index in [1.807, 2.05) is 6.07 Å². The maximum Gasteiger partial charge on any atom is 0.333 e. The summed E-state index contributed by atoms with van der Waals surface area (Å²) in [6.45, 7) is 5.53. The summed E-state index contributed by atoms with van der Waals surface area (Å²) < 4.78 is 10.9. The third-order valence-electron chi connectivity index (χ3n) is 5.41. The molecule has 0 atom stereocenters. The van der Waals surface area contributed by atoms with E-state index in [1.165, 1.54) is 0 Å². The predicted octanol–water partition coefficient (Wildman–Crippen LogP) is 6.90. The van der Waals surface area contributed by atoms with Crippen molar-refractivity contribution >= 4 is 74.8 Å². The van der Waals surface area contributed by atoms with E-state index in [0.29, 0.717) is 23.3 Å². The molecule has 1 aliphatic rings. The summed E-state index contributed by atoms with van der Waals surface area (Å²) in [6, 6.07) is 8.69. The van der Waals surface area contributed by atoms with E-state index in [4.69, 9.17) is 55.9 Å². The van der Waals surface area contributed by atoms with Gasteiger partial charge in [-0.15, -0.1) is 0 Å². The minimum Gasteiger partial charge on any atom is -0.491 e. The van der Waals surface area contributed by atoms with Crippen LogP contribution in [0.2, 0.25) is 20.1 Å². The van der Waals surface area contributed by atoms with Crippen molar-refractivity contribution in [3.8, 4) is 5.75 Å². The van der Waals surface area contributed by atoms with Gasteiger partial charge >= 0.3 is 5.97 Å². The number of pyridine rings is 1. The minimum absolute atomic E-state index is 0.0585. The van der Waals surface area contributed by atoms with Crippen LogP contribution in [-0.4, -0.2) is 35.7 Å². The molecule has 0 radical (unpaired) electrons. The molecule has 3 aromatic rings. The number of aromatic nitrogens is 1. The Morgan fingerprint density at radius 1 is 0.943 bits per heavy atom. The highest BCUT2D eigenvalue weighted by Gasteiger charge is 2.45. The number of Topliss-reactive ketones (excluding diaryl/α,β-unsaturated/α-hetero) is 2. The molecule has 0 spiro atoms. The number of fused-ring (bicyclic) bond motifs is 2. The smallest absolute Gasteiger partial charge is 0.333 e. The lowest BCUT2D eigenvalue weighted by atomic mass is 9.98. The number of nitrogens with zero attached hydrogens (tertiary/aromatic N) is 1. The van der Waals surface area contributed by atoms with Crippen molar-refractivity contribution in [3.63, 3.8) is 0 Å². The molecule has 0 aliphatic heterocycles. The number of carbonyl (C=O) groups is 3. The van der Waals surface area contributed by atoms with Crippen molar-refractivity contribution < 1.29 is 23.9 Å². The van der Waals surface area contributed by atoms with Crippen LogP contribution < -0.4 is 4.74 Å². The van der Waals surface area contributed by atoms with E-state index in [2.05, 4.69) is 11.6 Å². The first-order valence-electron chi connectivity index (χ1n) is 10.4. The van der Waals surface area contributed by atoms with E-state index in [9.17, 15) is 14.4 Å². The number of ketones is 2. The molecule has 35 heavy (non-hydrogen) atoms. The van der Waals surface area contributed by atoms with Crippen molar-refractivity contribution in [1.82, 2.24) is 4.98 Å². The summed E-state index contributed by atoms with van der Waals surface area (Å²) in [7, 11) is 0. The average molecular weight is 553 g/mol. The topological polar surface area (TPSA) is 82.6 Å². The largest absolute Gasteiger partial charge is 0.491 e. The lowest BCUT2D eigenvalue weighted by Gasteiger charge is -2.12. The van der Waals surface area contributed by atoms with Crippen LogP contribution in [0.1, 0.15) is 45.7 Å². The first kappa shape index (κ1) is 25.5. The quantitative estimate of drug-likeness (QED) is 0.0791. The Bertz CT molecular complexity index is 1370. The number of carbonyl (C=O) groups excluding carboxylic acids is 3. The number of hydrogen-bond donors (Lipinski definition) is 0. The van der Waals surface area contributed by atoms with Gasteiger partial charge in [0.05, 0.1) is 50.1 Å². The number of hydrogen-bond acceptors (Lipinski definition) is 6. The lowest BCUT2D eigenvalue weighted by molar-refractivity contribution is -0.139. The maximum atomic E-state index is 13.2. The SMILES string of the molecule is C=C(C)C(=O)OCCCOc1cccc2ccc(C3C(=O)c4c(Cl)c(Cl)c(Cl)c(Cl)c4C3=O)nc12. The van der Waals surface area contributed by atoms with E-state index >= 15 is 0 Å². The molecule has 180 valence electrons. The zero-order chi connectivity index (χ0) is 25.4. The molecule has 1 heterocycles. The fourth-order valence-electron chi connectivity index (χ4n) is 3.71. The van der Waals surface area contributed by atoms with Crippen molar-refractivity contribution in [2.24, 2.45) is 0 Å². The Morgan fingerprint density at radius 2 is 1.57 bits per heavy atom. The van der Waals surface area contributed by atoms with E-state index < -0.39 is 23.5 Å². The number of esters is 1. The molecule has 0 fully saturated rings. The summed E-state index contributed by atoms with van der Waals surface area (Å²) in [5.41, 5.74) is 0.888. The Labute approximate surface area is 220 Å². The van der Waals surface area contributed by atoms with Gasteiger partial charge in [-0.3, -0.25) is 9.59 Å². The molecular formula is C25H17Cl4NO5. The number of rotatable bonds is 7. The molecule has 4 rings (SSSR count). The number of ether oxygens (including phenoxy) is 2. The highest BCUT2D eigenvalue weighted by Crippen LogP contribution is 2.48. The third-order valence-corrected chi connectivity index (χ3v) is 7.21. The Kier molecular flexibility index (Phi) is 7.38. The van der Waals surface area contributed by atoms with E-state index in [-0.39, 0.29) is 50.1 Å². The van der Waals surface area contributed by atoms with Gasteiger partial charge in [0, 0.05) is 17.4 Å². The normalized spacial score (nSPS) is 13.3. The zero-order valence-corrected chi connectivity index (χ0v) is 21.3. The highest BCUT2D eigenvalue weighted by atomic mass is 35.5. The van der Waals surface area contributed by atoms with Crippen LogP contribution in [-0.2, 0) is 9.53 Å². The van der Waals surface area contributed by atoms with Gasteiger partial charge in [0.25, 0.3) is 0 Å².